The SMILES string of the molecule is CC(C)C(Cl)C(Cl)(Cl)Cl. The van der Waals surface area contributed by atoms with Gasteiger partial charge < -0.3 is 0 Å². The van der Waals surface area contributed by atoms with Gasteiger partial charge in [0, 0.05) is 0 Å². The van der Waals surface area contributed by atoms with Crippen LogP contribution in [0, 0.1) is 5.92 Å². The summed E-state index contributed by atoms with van der Waals surface area (Å²) in [6.07, 6.45) is 0. The van der Waals surface area contributed by atoms with Crippen LogP contribution in [-0.4, -0.2) is 9.17 Å². The molecule has 0 bridgehead atoms. The average molecular weight is 210 g/mol. The number of hydrogen-bond acceptors (Lipinski definition) is 0. The molecule has 0 N–H and O–H groups in total. The molecule has 0 aromatic rings. The predicted molar refractivity (Wildman–Crippen MR) is 44.8 cm³/mol. The van der Waals surface area contributed by atoms with E-state index in [1.165, 1.54) is 0 Å². The van der Waals surface area contributed by atoms with Crippen molar-refractivity contribution >= 4 is 46.4 Å². The normalized spacial score (nSPS) is 16.3. The van der Waals surface area contributed by atoms with Crippen LogP contribution in [0.4, 0.5) is 0 Å². The predicted octanol–water partition coefficient (Wildman–Crippen LogP) is 3.62. The summed E-state index contributed by atoms with van der Waals surface area (Å²) in [7, 11) is 0. The van der Waals surface area contributed by atoms with Gasteiger partial charge in [0.25, 0.3) is 0 Å². The van der Waals surface area contributed by atoms with Gasteiger partial charge in [0.1, 0.15) is 0 Å². The van der Waals surface area contributed by atoms with Crippen molar-refractivity contribution in [2.45, 2.75) is 23.0 Å². The molecule has 4 heteroatoms. The van der Waals surface area contributed by atoms with E-state index in [2.05, 4.69) is 0 Å². The highest BCUT2D eigenvalue weighted by Gasteiger charge is 2.32. The largest absolute Gasteiger partial charge is 0.206 e. The van der Waals surface area contributed by atoms with E-state index in [0.717, 1.165) is 0 Å². The number of alkyl halides is 4. The van der Waals surface area contributed by atoms with Crippen LogP contribution >= 0.6 is 46.4 Å². The molecule has 56 valence electrons. The lowest BCUT2D eigenvalue weighted by atomic mass is 10.1. The Kier molecular flexibility index (Phi) is 3.98. The Labute approximate surface area is 75.4 Å². The van der Waals surface area contributed by atoms with E-state index in [-0.39, 0.29) is 5.92 Å². The zero-order chi connectivity index (χ0) is 7.65. The molecule has 0 amide bonds. The Hall–Kier alpha value is 1.16. The third-order valence-corrected chi connectivity index (χ3v) is 2.77. The molecule has 0 radical (unpaired) electrons. The summed E-state index contributed by atoms with van der Waals surface area (Å²) in [5, 5.41) is -0.414. The summed E-state index contributed by atoms with van der Waals surface area (Å²) in [6, 6.07) is 0. The Morgan fingerprint density at radius 3 is 1.44 bits per heavy atom. The van der Waals surface area contributed by atoms with Crippen molar-refractivity contribution < 1.29 is 0 Å². The zero-order valence-corrected chi connectivity index (χ0v) is 8.19. The highest BCUT2D eigenvalue weighted by Crippen LogP contribution is 2.37. The fourth-order valence-corrected chi connectivity index (χ4v) is 1.13. The summed E-state index contributed by atoms with van der Waals surface area (Å²) in [5.74, 6) is 0.180. The van der Waals surface area contributed by atoms with E-state index >= 15 is 0 Å². The lowest BCUT2D eigenvalue weighted by Gasteiger charge is -2.20. The second-order valence-corrected chi connectivity index (χ2v) is 5.03. The maximum absolute atomic E-state index is 5.70. The van der Waals surface area contributed by atoms with Crippen molar-refractivity contribution in [1.29, 1.82) is 0 Å². The molecule has 0 aromatic heterocycles. The van der Waals surface area contributed by atoms with Gasteiger partial charge in [-0.25, -0.2) is 0 Å². The summed E-state index contributed by atoms with van der Waals surface area (Å²) >= 11 is 22.1. The first-order chi connectivity index (χ1) is 3.85. The molecule has 0 saturated heterocycles. The molecule has 0 nitrogen and oxygen atoms in total. The van der Waals surface area contributed by atoms with Gasteiger partial charge in [0.05, 0.1) is 5.38 Å². The first-order valence-electron chi connectivity index (χ1n) is 2.56. The van der Waals surface area contributed by atoms with Crippen molar-refractivity contribution in [3.63, 3.8) is 0 Å². The smallest absolute Gasteiger partial charge is 0.118 e. The van der Waals surface area contributed by atoms with Crippen LogP contribution in [0.15, 0.2) is 0 Å². The first kappa shape index (κ1) is 10.2. The molecule has 0 aliphatic heterocycles. The van der Waals surface area contributed by atoms with Crippen LogP contribution in [0.1, 0.15) is 13.8 Å². The van der Waals surface area contributed by atoms with Crippen LogP contribution in [0.2, 0.25) is 0 Å². The summed E-state index contributed by atoms with van der Waals surface area (Å²) < 4.78 is -1.34. The van der Waals surface area contributed by atoms with E-state index in [1.54, 1.807) is 0 Å². The van der Waals surface area contributed by atoms with Crippen LogP contribution in [-0.2, 0) is 0 Å². The molecule has 9 heavy (non-hydrogen) atoms. The van der Waals surface area contributed by atoms with E-state index in [4.69, 9.17) is 46.4 Å². The van der Waals surface area contributed by atoms with Gasteiger partial charge in [-0.1, -0.05) is 48.7 Å². The van der Waals surface area contributed by atoms with Crippen molar-refractivity contribution in [3.8, 4) is 0 Å². The van der Waals surface area contributed by atoms with E-state index in [0.29, 0.717) is 0 Å². The molecule has 0 heterocycles. The lowest BCUT2D eigenvalue weighted by molar-refractivity contribution is 0.606. The van der Waals surface area contributed by atoms with Crippen molar-refractivity contribution in [1.82, 2.24) is 0 Å². The van der Waals surface area contributed by atoms with Gasteiger partial charge in [-0.05, 0) is 5.92 Å². The minimum atomic E-state index is -1.34. The topological polar surface area (TPSA) is 0 Å². The van der Waals surface area contributed by atoms with Gasteiger partial charge in [0.15, 0.2) is 0 Å². The zero-order valence-electron chi connectivity index (χ0n) is 5.17. The molecule has 0 saturated carbocycles. The minimum Gasteiger partial charge on any atom is -0.118 e. The van der Waals surface area contributed by atoms with Crippen molar-refractivity contribution in [3.05, 3.63) is 0 Å². The molecule has 1 unspecified atom stereocenters. The van der Waals surface area contributed by atoms with Gasteiger partial charge in [-0.15, -0.1) is 11.6 Å². The molecule has 1 atom stereocenters. The molecule has 0 spiro atoms. The fourth-order valence-electron chi connectivity index (χ4n) is 0.378. The first-order valence-corrected chi connectivity index (χ1v) is 4.13. The van der Waals surface area contributed by atoms with E-state index in [9.17, 15) is 0 Å². The monoisotopic (exact) mass is 208 g/mol. The lowest BCUT2D eigenvalue weighted by Crippen LogP contribution is -2.24. The summed E-state index contributed by atoms with van der Waals surface area (Å²) in [5.41, 5.74) is 0. The third kappa shape index (κ3) is 3.77. The van der Waals surface area contributed by atoms with Gasteiger partial charge in [0.2, 0.25) is 3.79 Å². The minimum absolute atomic E-state index is 0.180. The molecule has 0 aliphatic carbocycles. The molecule has 0 aromatic carbocycles. The quantitative estimate of drug-likeness (QED) is 0.579. The third-order valence-electron chi connectivity index (χ3n) is 0.898. The highest BCUT2D eigenvalue weighted by atomic mass is 35.6. The standard InChI is InChI=1S/C5H8Cl4/c1-3(2)4(6)5(7,8)9/h3-4H,1-2H3. The van der Waals surface area contributed by atoms with Crippen LogP contribution in [0.5, 0.6) is 0 Å². The fraction of sp³-hybridized carbons (Fsp3) is 1.00. The average Bonchev–Trinajstić information content (AvgIpc) is 1.62. The summed E-state index contributed by atoms with van der Waals surface area (Å²) in [4.78, 5) is 0. The van der Waals surface area contributed by atoms with Gasteiger partial charge >= 0.3 is 0 Å². The molecule has 0 rings (SSSR count). The second-order valence-electron chi connectivity index (χ2n) is 2.19. The second kappa shape index (κ2) is 3.52. The number of halogens is 4. The Balaban J connectivity index is 3.88. The van der Waals surface area contributed by atoms with Gasteiger partial charge in [-0.3, -0.25) is 0 Å². The van der Waals surface area contributed by atoms with Crippen LogP contribution < -0.4 is 0 Å². The molecular formula is C5H8Cl4. The Morgan fingerprint density at radius 1 is 1.11 bits per heavy atom. The number of rotatable bonds is 1. The van der Waals surface area contributed by atoms with Gasteiger partial charge in [-0.2, -0.15) is 0 Å². The highest BCUT2D eigenvalue weighted by molar-refractivity contribution is 6.70. The maximum atomic E-state index is 5.70. The summed E-state index contributed by atoms with van der Waals surface area (Å²) in [6.45, 7) is 3.80. The Bertz CT molecular complexity index is 83.4. The van der Waals surface area contributed by atoms with Crippen molar-refractivity contribution in [2.75, 3.05) is 0 Å². The maximum Gasteiger partial charge on any atom is 0.206 e. The van der Waals surface area contributed by atoms with E-state index in [1.807, 2.05) is 13.8 Å². The molecular weight excluding hydrogens is 202 g/mol. The van der Waals surface area contributed by atoms with Crippen molar-refractivity contribution in [2.24, 2.45) is 5.92 Å². The Morgan fingerprint density at radius 2 is 1.44 bits per heavy atom. The molecule has 0 aliphatic rings. The molecule has 0 fully saturated rings. The van der Waals surface area contributed by atoms with E-state index < -0.39 is 9.17 Å². The van der Waals surface area contributed by atoms with Crippen LogP contribution in [0.25, 0.3) is 0 Å². The van der Waals surface area contributed by atoms with Crippen LogP contribution in [0.3, 0.4) is 0 Å². The number of hydrogen-bond donors (Lipinski definition) is 0.